The van der Waals surface area contributed by atoms with Gasteiger partial charge >= 0.3 is 6.03 Å². The Morgan fingerprint density at radius 1 is 1.00 bits per heavy atom. The average molecular weight is 412 g/mol. The van der Waals surface area contributed by atoms with Crippen LogP contribution < -0.4 is 4.90 Å². The number of carbonyl (C=O) groups excluding carboxylic acids is 1. The number of hydrogen-bond donors (Lipinski definition) is 0. The van der Waals surface area contributed by atoms with E-state index in [4.69, 9.17) is 0 Å². The van der Waals surface area contributed by atoms with Crippen LogP contribution in [0, 0.1) is 0 Å². The van der Waals surface area contributed by atoms with Crippen LogP contribution in [0.25, 0.3) is 0 Å². The number of aromatic nitrogens is 1. The zero-order chi connectivity index (χ0) is 19.7. The lowest BCUT2D eigenvalue weighted by molar-refractivity contribution is 0.229. The highest BCUT2D eigenvalue weighted by atomic mass is 32.2. The Morgan fingerprint density at radius 2 is 1.79 bits per heavy atom. The van der Waals surface area contributed by atoms with E-state index in [0.29, 0.717) is 5.69 Å². The molecular formula is C20H17N3O3S2. The van der Waals surface area contributed by atoms with Gasteiger partial charge in [0.05, 0.1) is 12.2 Å². The summed E-state index contributed by atoms with van der Waals surface area (Å²) in [5, 5.41) is 0. The first kappa shape index (κ1) is 18.5. The first-order chi connectivity index (χ1) is 13.5. The summed E-state index contributed by atoms with van der Waals surface area (Å²) in [5.74, 6) is 0.120. The molecule has 0 spiro atoms. The topological polar surface area (TPSA) is 70.6 Å². The second kappa shape index (κ2) is 7.29. The summed E-state index contributed by atoms with van der Waals surface area (Å²) in [7, 11) is -4.01. The molecular weight excluding hydrogens is 394 g/mol. The Balaban J connectivity index is 1.87. The highest BCUT2D eigenvalue weighted by Gasteiger charge is 2.43. The van der Waals surface area contributed by atoms with E-state index in [1.807, 2.05) is 42.7 Å². The molecule has 0 unspecified atom stereocenters. The first-order valence-corrected chi connectivity index (χ1v) is 11.2. The molecule has 2 aromatic carbocycles. The maximum Gasteiger partial charge on any atom is 0.344 e. The number of fused-ring (bicyclic) bond motifs is 1. The molecule has 0 atom stereocenters. The minimum atomic E-state index is -4.01. The van der Waals surface area contributed by atoms with Gasteiger partial charge in [-0.05, 0) is 42.2 Å². The molecule has 1 aliphatic rings. The van der Waals surface area contributed by atoms with Crippen molar-refractivity contribution in [1.82, 2.24) is 9.29 Å². The largest absolute Gasteiger partial charge is 0.344 e. The van der Waals surface area contributed by atoms with E-state index in [1.54, 1.807) is 36.0 Å². The van der Waals surface area contributed by atoms with Gasteiger partial charge in [-0.3, -0.25) is 0 Å². The third kappa shape index (κ3) is 3.14. The van der Waals surface area contributed by atoms with Gasteiger partial charge in [0.25, 0.3) is 10.0 Å². The molecule has 0 saturated heterocycles. The second-order valence-electron chi connectivity index (χ2n) is 6.14. The fourth-order valence-electron chi connectivity index (χ4n) is 3.06. The summed E-state index contributed by atoms with van der Waals surface area (Å²) in [4.78, 5) is 19.9. The quantitative estimate of drug-likeness (QED) is 0.600. The highest BCUT2D eigenvalue weighted by molar-refractivity contribution is 7.98. The van der Waals surface area contributed by atoms with Crippen LogP contribution in [0.2, 0.25) is 0 Å². The molecule has 0 aliphatic carbocycles. The Kier molecular flexibility index (Phi) is 4.82. The molecule has 0 N–H and O–H groups in total. The van der Waals surface area contributed by atoms with Gasteiger partial charge in [0, 0.05) is 11.1 Å². The molecule has 2 heterocycles. The van der Waals surface area contributed by atoms with Crippen molar-refractivity contribution in [3.63, 3.8) is 0 Å². The van der Waals surface area contributed by atoms with Crippen molar-refractivity contribution in [2.75, 3.05) is 11.2 Å². The summed E-state index contributed by atoms with van der Waals surface area (Å²) in [6, 6.07) is 18.8. The zero-order valence-corrected chi connectivity index (χ0v) is 16.7. The fourth-order valence-corrected chi connectivity index (χ4v) is 4.98. The number of rotatable bonds is 4. The molecule has 0 saturated carbocycles. The van der Waals surface area contributed by atoms with Crippen LogP contribution in [-0.2, 0) is 16.6 Å². The van der Waals surface area contributed by atoms with E-state index >= 15 is 0 Å². The third-order valence-corrected chi connectivity index (χ3v) is 6.88. The average Bonchev–Trinajstić information content (AvgIpc) is 2.72. The molecule has 28 heavy (non-hydrogen) atoms. The molecule has 1 aromatic heterocycles. The highest BCUT2D eigenvalue weighted by Crippen LogP contribution is 2.38. The van der Waals surface area contributed by atoms with Crippen molar-refractivity contribution in [2.45, 2.75) is 16.3 Å². The number of sulfonamides is 1. The second-order valence-corrected chi connectivity index (χ2v) is 8.85. The van der Waals surface area contributed by atoms with Gasteiger partial charge in [0.15, 0.2) is 5.82 Å². The smallest absolute Gasteiger partial charge is 0.246 e. The van der Waals surface area contributed by atoms with E-state index in [2.05, 4.69) is 4.98 Å². The van der Waals surface area contributed by atoms with Gasteiger partial charge in [-0.15, -0.1) is 11.8 Å². The van der Waals surface area contributed by atoms with Crippen LogP contribution in [0.5, 0.6) is 0 Å². The molecule has 0 radical (unpaired) electrons. The number of amides is 2. The molecule has 0 bridgehead atoms. The molecule has 8 heteroatoms. The van der Waals surface area contributed by atoms with Gasteiger partial charge in [-0.25, -0.2) is 27.4 Å². The van der Waals surface area contributed by atoms with Crippen LogP contribution in [-0.4, -0.2) is 30.0 Å². The van der Waals surface area contributed by atoms with Gasteiger partial charge < -0.3 is 0 Å². The van der Waals surface area contributed by atoms with Crippen LogP contribution in [0.3, 0.4) is 0 Å². The number of thioether (sulfide) groups is 1. The van der Waals surface area contributed by atoms with E-state index in [9.17, 15) is 13.2 Å². The Morgan fingerprint density at radius 3 is 2.54 bits per heavy atom. The molecule has 2 amide bonds. The van der Waals surface area contributed by atoms with Crippen molar-refractivity contribution < 1.29 is 13.2 Å². The zero-order valence-electron chi connectivity index (χ0n) is 15.0. The lowest BCUT2D eigenvalue weighted by Crippen LogP contribution is -2.48. The van der Waals surface area contributed by atoms with Crippen molar-refractivity contribution in [3.8, 4) is 0 Å². The monoisotopic (exact) mass is 411 g/mol. The number of urea groups is 1. The van der Waals surface area contributed by atoms with Crippen LogP contribution in [0.1, 0.15) is 5.56 Å². The number of anilines is 2. The molecule has 4 rings (SSSR count). The minimum Gasteiger partial charge on any atom is -0.246 e. The summed E-state index contributed by atoms with van der Waals surface area (Å²) in [5.41, 5.74) is 1.30. The first-order valence-electron chi connectivity index (χ1n) is 8.52. The van der Waals surface area contributed by atoms with Crippen molar-refractivity contribution in [2.24, 2.45) is 0 Å². The van der Waals surface area contributed by atoms with Crippen LogP contribution in [0.4, 0.5) is 16.3 Å². The molecule has 6 nitrogen and oxygen atoms in total. The Labute approximate surface area is 167 Å². The summed E-state index contributed by atoms with van der Waals surface area (Å²) < 4.78 is 27.2. The number of benzene rings is 2. The number of pyridine rings is 1. The number of nitrogens with zero attached hydrogens (tertiary/aromatic N) is 3. The Hall–Kier alpha value is -2.84. The van der Waals surface area contributed by atoms with Gasteiger partial charge in [-0.1, -0.05) is 36.4 Å². The summed E-state index contributed by atoms with van der Waals surface area (Å²) in [6.07, 6.45) is 3.43. The van der Waals surface area contributed by atoms with Crippen molar-refractivity contribution >= 4 is 39.3 Å². The minimum absolute atomic E-state index is 0.0140. The molecule has 0 fully saturated rings. The predicted molar refractivity (Wildman–Crippen MR) is 109 cm³/mol. The van der Waals surface area contributed by atoms with Crippen LogP contribution >= 0.6 is 11.8 Å². The van der Waals surface area contributed by atoms with Gasteiger partial charge in [0.2, 0.25) is 0 Å². The van der Waals surface area contributed by atoms with E-state index in [1.165, 1.54) is 17.2 Å². The SMILES string of the molecule is CSc1cccc(N2C(=O)N(Cc3ccccc3)S(=O)(=O)c3cccnc32)c1. The standard InChI is InChI=1S/C20H17N3O3S2/c1-27-17-10-5-9-16(13-17)23-19-18(11-6-12-21-19)28(25,26)22(20(23)24)14-15-7-3-2-4-8-15/h2-13H,14H2,1H3. The van der Waals surface area contributed by atoms with Crippen molar-refractivity contribution in [1.29, 1.82) is 0 Å². The van der Waals surface area contributed by atoms with Crippen LogP contribution in [0.15, 0.2) is 82.7 Å². The Bertz CT molecular complexity index is 1130. The van der Waals surface area contributed by atoms with Crippen molar-refractivity contribution in [3.05, 3.63) is 78.5 Å². The third-order valence-electron chi connectivity index (χ3n) is 4.42. The molecule has 142 valence electrons. The fraction of sp³-hybridized carbons (Fsp3) is 0.100. The van der Waals surface area contributed by atoms with E-state index in [0.717, 1.165) is 14.8 Å². The number of carbonyl (C=O) groups is 1. The molecule has 3 aromatic rings. The lowest BCUT2D eigenvalue weighted by atomic mass is 10.2. The maximum absolute atomic E-state index is 13.3. The van der Waals surface area contributed by atoms with E-state index in [-0.39, 0.29) is 17.3 Å². The predicted octanol–water partition coefficient (Wildman–Crippen LogP) is 4.27. The lowest BCUT2D eigenvalue weighted by Gasteiger charge is -2.35. The molecule has 1 aliphatic heterocycles. The van der Waals surface area contributed by atoms with E-state index < -0.39 is 16.1 Å². The van der Waals surface area contributed by atoms with Gasteiger partial charge in [0.1, 0.15) is 4.90 Å². The number of hydrogen-bond acceptors (Lipinski definition) is 5. The summed E-state index contributed by atoms with van der Waals surface area (Å²) >= 11 is 1.54. The summed E-state index contributed by atoms with van der Waals surface area (Å²) in [6.45, 7) is -0.0466. The maximum atomic E-state index is 13.3. The normalized spacial score (nSPS) is 15.4. The van der Waals surface area contributed by atoms with Gasteiger partial charge in [-0.2, -0.15) is 0 Å².